The van der Waals surface area contributed by atoms with Crippen molar-refractivity contribution in [1.82, 2.24) is 14.7 Å². The van der Waals surface area contributed by atoms with E-state index in [4.69, 9.17) is 29.7 Å². The molecule has 10 nitrogen and oxygen atoms in total. The fourth-order valence-corrected chi connectivity index (χ4v) is 12.2. The molecule has 3 aliphatic heterocycles. The van der Waals surface area contributed by atoms with Gasteiger partial charge in [-0.2, -0.15) is 0 Å². The van der Waals surface area contributed by atoms with Crippen LogP contribution in [0.3, 0.4) is 0 Å². The third kappa shape index (κ3) is 21.3. The van der Waals surface area contributed by atoms with Gasteiger partial charge in [0.25, 0.3) is 6.47 Å². The number of likely N-dealkylation sites (tertiary alicyclic amines) is 3. The van der Waals surface area contributed by atoms with E-state index in [2.05, 4.69) is 188 Å². The van der Waals surface area contributed by atoms with Crippen LogP contribution in [0.15, 0.2) is 97.1 Å². The molecule has 13 heteroatoms. The number of aromatic hydroxyl groups is 2. The summed E-state index contributed by atoms with van der Waals surface area (Å²) in [4.78, 5) is 19.8. The van der Waals surface area contributed by atoms with E-state index in [-0.39, 0.29) is 134 Å². The Morgan fingerprint density at radius 3 is 0.865 bits per heavy atom. The summed E-state index contributed by atoms with van der Waals surface area (Å²) in [5.74, 6) is 6.50. The fraction of sp³-hybridized carbons (Fsp3) is 0.590. The van der Waals surface area contributed by atoms with E-state index in [1.807, 2.05) is 24.3 Å². The Bertz CT molecular complexity index is 1970. The maximum atomic E-state index is 9.11. The van der Waals surface area contributed by atoms with Gasteiger partial charge in [-0.3, -0.25) is 19.5 Å². The zero-order valence-electron chi connectivity index (χ0n) is 49.4. The quantitative estimate of drug-likeness (QED) is 0.0467. The Hall–Kier alpha value is -0.857. The van der Waals surface area contributed by atoms with E-state index < -0.39 is 0 Å². The summed E-state index contributed by atoms with van der Waals surface area (Å²) in [7, 11) is 6.90. The van der Waals surface area contributed by atoms with Gasteiger partial charge in [-0.05, 0) is 140 Å². The Balaban J connectivity index is 0.000000655. The summed E-state index contributed by atoms with van der Waals surface area (Å²) in [6, 6.07) is 35.0. The van der Waals surface area contributed by atoms with Crippen molar-refractivity contribution in [2.45, 2.75) is 175 Å². The van der Waals surface area contributed by atoms with Gasteiger partial charge in [0, 0.05) is 66.8 Å². The Labute approximate surface area is 542 Å². The largest absolute Gasteiger partial charge is 1.00 e. The van der Waals surface area contributed by atoms with E-state index in [0.29, 0.717) is 47.8 Å². The molecular formula is C61H92BrK2N3O7. The second-order valence-corrected chi connectivity index (χ2v) is 24.0. The van der Waals surface area contributed by atoms with Gasteiger partial charge in [-0.25, -0.2) is 0 Å². The smallest absolute Gasteiger partial charge is 1.00 e. The predicted molar refractivity (Wildman–Crippen MR) is 300 cm³/mol. The van der Waals surface area contributed by atoms with Crippen molar-refractivity contribution >= 4 is 22.4 Å². The van der Waals surface area contributed by atoms with Crippen LogP contribution in [0.4, 0.5) is 0 Å². The normalized spacial score (nSPS) is 24.3. The summed E-state index contributed by atoms with van der Waals surface area (Å²) in [6.07, 6.45) is 7.50. The molecule has 402 valence electrons. The monoisotopic (exact) mass is 1140 g/mol. The second kappa shape index (κ2) is 34.3. The SMILES string of the molecule is CC(C)C1CC(Br)CC(C(C)C)N1C.CC(C)C1CC(Oc2ccc(-c3ccc(OC4CC(C(C)C)N(C)C(C(C)C)C4)cc3)cc2)CC(C(C)C)N1C.O=CO[O-].Oc1ccc(-c2ccc(O)cc2)cc1.[H-].[K+].[K+]. The first kappa shape index (κ1) is 69.2. The molecule has 3 saturated heterocycles. The van der Waals surface area contributed by atoms with E-state index in [1.165, 1.54) is 24.0 Å². The zero-order valence-corrected chi connectivity index (χ0v) is 56.2. The van der Waals surface area contributed by atoms with Gasteiger partial charge in [0.05, 0.1) is 0 Å². The minimum absolute atomic E-state index is 0. The molecule has 6 atom stereocenters. The van der Waals surface area contributed by atoms with Crippen LogP contribution in [0, 0.1) is 35.5 Å². The van der Waals surface area contributed by atoms with E-state index in [9.17, 15) is 0 Å². The Morgan fingerprint density at radius 2 is 0.662 bits per heavy atom. The molecule has 6 unspecified atom stereocenters. The molecule has 3 fully saturated rings. The summed E-state index contributed by atoms with van der Waals surface area (Å²) in [5.41, 5.74) is 4.45. The molecule has 0 aromatic heterocycles. The first-order chi connectivity index (χ1) is 34.0. The second-order valence-electron chi connectivity index (χ2n) is 22.7. The number of hydrogen-bond donors (Lipinski definition) is 2. The Morgan fingerprint density at radius 1 is 0.459 bits per heavy atom. The summed E-state index contributed by atoms with van der Waals surface area (Å²) in [5, 5.41) is 26.6. The molecule has 0 spiro atoms. The average molecular weight is 1140 g/mol. The summed E-state index contributed by atoms with van der Waals surface area (Å²) < 4.78 is 13.1. The third-order valence-corrected chi connectivity index (χ3v) is 16.3. The van der Waals surface area contributed by atoms with Crippen molar-refractivity contribution in [3.8, 4) is 45.3 Å². The maximum absolute atomic E-state index is 9.11. The number of phenolic OH excluding ortho intramolecular Hbond substituents is 2. The molecule has 4 aromatic carbocycles. The third-order valence-electron chi connectivity index (χ3n) is 15.5. The minimum Gasteiger partial charge on any atom is -1.00 e. The van der Waals surface area contributed by atoms with E-state index >= 15 is 0 Å². The van der Waals surface area contributed by atoms with Crippen molar-refractivity contribution in [3.63, 3.8) is 0 Å². The van der Waals surface area contributed by atoms with Crippen LogP contribution >= 0.6 is 15.9 Å². The van der Waals surface area contributed by atoms with Crippen LogP contribution in [-0.4, -0.2) is 106 Å². The number of phenols is 2. The van der Waals surface area contributed by atoms with Crippen LogP contribution in [0.5, 0.6) is 23.0 Å². The van der Waals surface area contributed by atoms with Gasteiger partial charge in [-0.1, -0.05) is 148 Å². The number of rotatable bonds is 13. The number of alkyl halides is 1. The number of ether oxygens (including phenoxy) is 2. The molecule has 0 amide bonds. The Kier molecular flexibility index (Phi) is 32.1. The van der Waals surface area contributed by atoms with Gasteiger partial charge in [0.15, 0.2) is 0 Å². The topological polar surface area (TPSA) is 118 Å². The van der Waals surface area contributed by atoms with Gasteiger partial charge in [-0.15, -0.1) is 0 Å². The molecule has 0 saturated carbocycles. The maximum Gasteiger partial charge on any atom is 1.00 e. The summed E-state index contributed by atoms with van der Waals surface area (Å²) in [6.45, 7) is 27.9. The molecule has 4 aromatic rings. The van der Waals surface area contributed by atoms with Gasteiger partial charge >= 0.3 is 103 Å². The van der Waals surface area contributed by atoms with Crippen molar-refractivity contribution in [2.24, 2.45) is 35.5 Å². The standard InChI is InChI=1S/C36H56N2O2.C12H24BrN.C12H10O2.CH2O3.2K.H/c1-23(2)33-19-31(20-34(24(3)4)37(33)9)39-29-15-11-27(12-16-29)28-13-17-30(18-14-28)40-32-21-35(25(5)6)38(10)36(22-32)26(7)8;1-8(2)11-6-10(13)7-12(9(3)4)14(11)5;13-11-5-1-9(2-6-11)10-3-7-12(14)8-4-10;2-1-4-3;;;/h11-18,23-26,31-36H,19-22H2,1-10H3;8-12H,6-7H2,1-5H3;1-8,13-14H;1,3H;;;/q;;;;2*+1;-1/p-1. The molecular weight excluding hydrogens is 1040 g/mol. The van der Waals surface area contributed by atoms with Crippen molar-refractivity contribution in [3.05, 3.63) is 97.1 Å². The van der Waals surface area contributed by atoms with E-state index in [0.717, 1.165) is 77.1 Å². The van der Waals surface area contributed by atoms with Gasteiger partial charge in [0.1, 0.15) is 35.2 Å². The number of carbonyl (C=O) groups excluding carboxylic acids is 1. The summed E-state index contributed by atoms with van der Waals surface area (Å²) >= 11 is 3.81. The first-order valence-corrected chi connectivity index (χ1v) is 27.6. The molecule has 3 aliphatic rings. The van der Waals surface area contributed by atoms with Crippen molar-refractivity contribution in [1.29, 1.82) is 0 Å². The van der Waals surface area contributed by atoms with Crippen LogP contribution in [0.2, 0.25) is 0 Å². The molecule has 74 heavy (non-hydrogen) atoms. The van der Waals surface area contributed by atoms with Crippen molar-refractivity contribution < 1.29 is 139 Å². The number of carbonyl (C=O) groups is 1. The van der Waals surface area contributed by atoms with Gasteiger partial charge in [0.2, 0.25) is 0 Å². The van der Waals surface area contributed by atoms with Crippen LogP contribution in [0.1, 0.15) is 123 Å². The van der Waals surface area contributed by atoms with Gasteiger partial charge < -0.3 is 31.3 Å². The predicted octanol–water partition coefficient (Wildman–Crippen LogP) is 7.24. The molecule has 0 aliphatic carbocycles. The molecule has 7 rings (SSSR count). The molecule has 0 bridgehead atoms. The van der Waals surface area contributed by atoms with E-state index in [1.54, 1.807) is 24.3 Å². The minimum atomic E-state index is -0.181. The number of halogens is 1. The fourth-order valence-electron chi connectivity index (χ4n) is 11.4. The molecule has 2 N–H and O–H groups in total. The van der Waals surface area contributed by atoms with Crippen LogP contribution in [-0.2, 0) is 9.68 Å². The number of benzene rings is 4. The van der Waals surface area contributed by atoms with Crippen molar-refractivity contribution in [2.75, 3.05) is 21.1 Å². The zero-order chi connectivity index (χ0) is 53.4. The van der Waals surface area contributed by atoms with Crippen LogP contribution < -0.4 is 118 Å². The first-order valence-electron chi connectivity index (χ1n) is 26.7. The van der Waals surface area contributed by atoms with Crippen LogP contribution in [0.25, 0.3) is 22.3 Å². The molecule has 3 heterocycles. The number of piperidine rings is 3. The molecule has 0 radical (unpaired) electrons. The number of nitrogens with zero attached hydrogens (tertiary/aromatic N) is 3. The average Bonchev–Trinajstić information content (AvgIpc) is 3.34. The number of hydrogen-bond acceptors (Lipinski definition) is 10.